The van der Waals surface area contributed by atoms with Gasteiger partial charge in [0.15, 0.2) is 5.82 Å². The third-order valence-electron chi connectivity index (χ3n) is 5.96. The SMILES string of the molecule is CC(C)c1noc(-c2cnc(Nc3ccc4c(c3)CCNC4=O)nc2N[C@H](CO)c2ccccc2)n1. The van der Waals surface area contributed by atoms with Crippen molar-refractivity contribution in [2.45, 2.75) is 32.2 Å². The molecule has 1 atom stereocenters. The Morgan fingerprint density at radius 3 is 2.69 bits per heavy atom. The molecule has 5 rings (SSSR count). The monoisotopic (exact) mass is 485 g/mol. The summed E-state index contributed by atoms with van der Waals surface area (Å²) >= 11 is 0. The highest BCUT2D eigenvalue weighted by Crippen LogP contribution is 2.30. The average molecular weight is 486 g/mol. The number of carbonyl (C=O) groups excluding carboxylic acids is 1. The fraction of sp³-hybridized carbons (Fsp3) is 0.269. The third-order valence-corrected chi connectivity index (χ3v) is 5.96. The van der Waals surface area contributed by atoms with E-state index in [1.165, 1.54) is 0 Å². The van der Waals surface area contributed by atoms with Crippen LogP contribution in [0.25, 0.3) is 11.5 Å². The van der Waals surface area contributed by atoms with Gasteiger partial charge in [0.1, 0.15) is 11.4 Å². The van der Waals surface area contributed by atoms with Crippen LogP contribution in [0.15, 0.2) is 59.3 Å². The van der Waals surface area contributed by atoms with Gasteiger partial charge in [0.05, 0.1) is 12.6 Å². The molecule has 1 aliphatic heterocycles. The highest BCUT2D eigenvalue weighted by Gasteiger charge is 2.21. The lowest BCUT2D eigenvalue weighted by Gasteiger charge is -2.20. The fourth-order valence-electron chi connectivity index (χ4n) is 4.01. The predicted octanol–water partition coefficient (Wildman–Crippen LogP) is 3.83. The Morgan fingerprint density at radius 2 is 1.94 bits per heavy atom. The van der Waals surface area contributed by atoms with Crippen LogP contribution in [0.2, 0.25) is 0 Å². The zero-order chi connectivity index (χ0) is 25.1. The molecule has 36 heavy (non-hydrogen) atoms. The molecule has 1 aliphatic rings. The Balaban J connectivity index is 1.49. The van der Waals surface area contributed by atoms with E-state index in [4.69, 9.17) is 4.52 Å². The van der Waals surface area contributed by atoms with Crippen molar-refractivity contribution in [3.8, 4) is 11.5 Å². The van der Waals surface area contributed by atoms with Crippen LogP contribution in [0, 0.1) is 0 Å². The summed E-state index contributed by atoms with van der Waals surface area (Å²) in [6.45, 7) is 4.43. The Kier molecular flexibility index (Phi) is 6.59. The topological polar surface area (TPSA) is 138 Å². The van der Waals surface area contributed by atoms with Gasteiger partial charge in [-0.25, -0.2) is 4.98 Å². The van der Waals surface area contributed by atoms with Crippen LogP contribution in [-0.2, 0) is 6.42 Å². The molecule has 4 N–H and O–H groups in total. The molecule has 10 heteroatoms. The van der Waals surface area contributed by atoms with Gasteiger partial charge in [0.2, 0.25) is 5.95 Å². The van der Waals surface area contributed by atoms with Crippen molar-refractivity contribution in [3.63, 3.8) is 0 Å². The van der Waals surface area contributed by atoms with E-state index in [0.29, 0.717) is 35.3 Å². The Labute approximate surface area is 208 Å². The van der Waals surface area contributed by atoms with Crippen LogP contribution in [0.1, 0.15) is 53.1 Å². The van der Waals surface area contributed by atoms with Crippen LogP contribution in [0.4, 0.5) is 17.5 Å². The molecule has 0 aliphatic carbocycles. The maximum absolute atomic E-state index is 12.1. The van der Waals surface area contributed by atoms with E-state index in [1.807, 2.05) is 56.3 Å². The minimum absolute atomic E-state index is 0.0637. The van der Waals surface area contributed by atoms with Gasteiger partial charge in [-0.05, 0) is 35.7 Å². The molecule has 0 saturated carbocycles. The first-order valence-electron chi connectivity index (χ1n) is 11.8. The first kappa shape index (κ1) is 23.4. The number of amides is 1. The summed E-state index contributed by atoms with van der Waals surface area (Å²) in [4.78, 5) is 25.7. The minimum atomic E-state index is -0.414. The first-order chi connectivity index (χ1) is 17.5. The summed E-state index contributed by atoms with van der Waals surface area (Å²) in [6, 6.07) is 14.7. The number of aromatic nitrogens is 4. The molecule has 4 aromatic rings. The zero-order valence-electron chi connectivity index (χ0n) is 20.0. The molecule has 3 heterocycles. The number of benzene rings is 2. The number of rotatable bonds is 8. The highest BCUT2D eigenvalue weighted by molar-refractivity contribution is 5.97. The van der Waals surface area contributed by atoms with Gasteiger partial charge < -0.3 is 25.6 Å². The van der Waals surface area contributed by atoms with Gasteiger partial charge in [-0.3, -0.25) is 4.79 Å². The van der Waals surface area contributed by atoms with E-state index >= 15 is 0 Å². The summed E-state index contributed by atoms with van der Waals surface area (Å²) in [5.74, 6) is 1.68. The smallest absolute Gasteiger partial charge is 0.263 e. The second-order valence-corrected chi connectivity index (χ2v) is 8.86. The molecular formula is C26H27N7O3. The molecule has 0 unspecified atom stereocenters. The molecular weight excluding hydrogens is 458 g/mol. The van der Waals surface area contributed by atoms with Gasteiger partial charge in [0.25, 0.3) is 11.8 Å². The summed E-state index contributed by atoms with van der Waals surface area (Å²) in [5.41, 5.74) is 3.84. The second kappa shape index (κ2) is 10.1. The first-order valence-corrected chi connectivity index (χ1v) is 11.8. The molecule has 0 radical (unpaired) electrons. The van der Waals surface area contributed by atoms with Gasteiger partial charge >= 0.3 is 0 Å². The number of aliphatic hydroxyl groups is 1. The third kappa shape index (κ3) is 4.89. The second-order valence-electron chi connectivity index (χ2n) is 8.86. The summed E-state index contributed by atoms with van der Waals surface area (Å²) in [5, 5.41) is 23.6. The van der Waals surface area contributed by atoms with Gasteiger partial charge in [-0.2, -0.15) is 9.97 Å². The highest BCUT2D eigenvalue weighted by atomic mass is 16.5. The molecule has 1 amide bonds. The summed E-state index contributed by atoms with van der Waals surface area (Å²) in [6.07, 6.45) is 2.37. The van der Waals surface area contributed by atoms with Crippen molar-refractivity contribution in [1.82, 2.24) is 25.4 Å². The van der Waals surface area contributed by atoms with E-state index in [0.717, 1.165) is 23.2 Å². The van der Waals surface area contributed by atoms with Crippen molar-refractivity contribution >= 4 is 23.4 Å². The lowest BCUT2D eigenvalue weighted by molar-refractivity contribution is 0.0946. The molecule has 2 aromatic carbocycles. The number of hydrogen-bond donors (Lipinski definition) is 4. The Hall–Kier alpha value is -4.31. The van der Waals surface area contributed by atoms with Crippen molar-refractivity contribution in [3.05, 3.63) is 77.2 Å². The van der Waals surface area contributed by atoms with E-state index in [9.17, 15) is 9.90 Å². The molecule has 0 spiro atoms. The van der Waals surface area contributed by atoms with E-state index in [1.54, 1.807) is 12.3 Å². The standard InChI is InChI=1S/C26H27N7O3/c1-15(2)22-31-25(36-33-22)20-13-28-26(29-18-8-9-19-17(12-18)10-11-27-24(19)35)32-23(20)30-21(14-34)16-6-4-3-5-7-16/h3-9,12-13,15,21,34H,10-11,14H2,1-2H3,(H,27,35)(H2,28,29,30,32)/t21-/m1/s1. The normalized spacial score (nSPS) is 13.7. The molecule has 0 fully saturated rings. The van der Waals surface area contributed by atoms with E-state index in [2.05, 4.69) is 36.1 Å². The average Bonchev–Trinajstić information content (AvgIpc) is 3.39. The van der Waals surface area contributed by atoms with Crippen molar-refractivity contribution < 1.29 is 14.4 Å². The lowest BCUT2D eigenvalue weighted by Crippen LogP contribution is -2.31. The lowest BCUT2D eigenvalue weighted by atomic mass is 10.00. The summed E-state index contributed by atoms with van der Waals surface area (Å²) in [7, 11) is 0. The van der Waals surface area contributed by atoms with Crippen molar-refractivity contribution in [1.29, 1.82) is 0 Å². The predicted molar refractivity (Wildman–Crippen MR) is 135 cm³/mol. The molecule has 184 valence electrons. The number of carbonyl (C=O) groups is 1. The van der Waals surface area contributed by atoms with Crippen LogP contribution < -0.4 is 16.0 Å². The fourth-order valence-corrected chi connectivity index (χ4v) is 4.01. The maximum Gasteiger partial charge on any atom is 0.263 e. The maximum atomic E-state index is 12.1. The molecule has 2 aromatic heterocycles. The minimum Gasteiger partial charge on any atom is -0.394 e. The Bertz CT molecular complexity index is 1370. The van der Waals surface area contributed by atoms with Gasteiger partial charge in [-0.1, -0.05) is 49.3 Å². The number of anilines is 3. The number of nitrogens with zero attached hydrogens (tertiary/aromatic N) is 4. The zero-order valence-corrected chi connectivity index (χ0v) is 20.0. The van der Waals surface area contributed by atoms with Crippen LogP contribution in [0.5, 0.6) is 0 Å². The van der Waals surface area contributed by atoms with Crippen LogP contribution >= 0.6 is 0 Å². The largest absolute Gasteiger partial charge is 0.394 e. The van der Waals surface area contributed by atoms with E-state index < -0.39 is 6.04 Å². The molecule has 0 bridgehead atoms. The number of nitrogens with one attached hydrogen (secondary N) is 3. The van der Waals surface area contributed by atoms with Crippen molar-refractivity contribution in [2.75, 3.05) is 23.8 Å². The van der Waals surface area contributed by atoms with Crippen LogP contribution in [0.3, 0.4) is 0 Å². The Morgan fingerprint density at radius 1 is 1.11 bits per heavy atom. The van der Waals surface area contributed by atoms with Gasteiger partial charge in [0, 0.05) is 29.9 Å². The summed E-state index contributed by atoms with van der Waals surface area (Å²) < 4.78 is 5.50. The number of hydrogen-bond acceptors (Lipinski definition) is 9. The quantitative estimate of drug-likeness (QED) is 0.293. The number of fused-ring (bicyclic) bond motifs is 1. The van der Waals surface area contributed by atoms with Gasteiger partial charge in [-0.15, -0.1) is 0 Å². The molecule has 10 nitrogen and oxygen atoms in total. The van der Waals surface area contributed by atoms with Crippen molar-refractivity contribution in [2.24, 2.45) is 0 Å². The number of aliphatic hydroxyl groups excluding tert-OH is 1. The van der Waals surface area contributed by atoms with E-state index in [-0.39, 0.29) is 24.3 Å². The molecule has 0 saturated heterocycles. The van der Waals surface area contributed by atoms with Crippen LogP contribution in [-0.4, -0.2) is 44.3 Å².